The van der Waals surface area contributed by atoms with E-state index in [0.29, 0.717) is 32.5 Å². The topological polar surface area (TPSA) is 103 Å². The summed E-state index contributed by atoms with van der Waals surface area (Å²) in [6.07, 6.45) is 6.55. The maximum absolute atomic E-state index is 13.3. The molecule has 2 fully saturated rings. The molecule has 1 aromatic heterocycles. The van der Waals surface area contributed by atoms with Crippen molar-refractivity contribution in [2.24, 2.45) is 5.92 Å². The number of rotatable bonds is 6. The van der Waals surface area contributed by atoms with Crippen LogP contribution in [-0.2, 0) is 21.2 Å². The zero-order chi connectivity index (χ0) is 23.4. The first-order valence-corrected chi connectivity index (χ1v) is 13.2. The van der Waals surface area contributed by atoms with Crippen molar-refractivity contribution in [3.8, 4) is 0 Å². The summed E-state index contributed by atoms with van der Waals surface area (Å²) in [6, 6.07) is 9.11. The minimum absolute atomic E-state index is 0.0690. The first kappa shape index (κ1) is 23.5. The van der Waals surface area contributed by atoms with E-state index in [1.165, 1.54) is 16.6 Å². The lowest BCUT2D eigenvalue weighted by molar-refractivity contribution is -0.120. The van der Waals surface area contributed by atoms with E-state index in [2.05, 4.69) is 17.2 Å². The van der Waals surface area contributed by atoms with Gasteiger partial charge in [-0.15, -0.1) is 0 Å². The quantitative estimate of drug-likeness (QED) is 0.674. The first-order chi connectivity index (χ1) is 15.9. The number of benzene rings is 1. The van der Waals surface area contributed by atoms with Gasteiger partial charge in [-0.05, 0) is 62.3 Å². The van der Waals surface area contributed by atoms with Crippen LogP contribution < -0.4 is 5.32 Å². The Morgan fingerprint density at radius 3 is 2.64 bits per heavy atom. The van der Waals surface area contributed by atoms with Gasteiger partial charge in [0.05, 0.1) is 5.92 Å². The molecule has 1 atom stereocenters. The van der Waals surface area contributed by atoms with Crippen LogP contribution >= 0.6 is 0 Å². The van der Waals surface area contributed by atoms with E-state index in [9.17, 15) is 18.0 Å². The van der Waals surface area contributed by atoms with E-state index >= 15 is 0 Å². The second-order valence-corrected chi connectivity index (χ2v) is 10.8. The maximum Gasteiger partial charge on any atom is 0.270 e. The highest BCUT2D eigenvalue weighted by Crippen LogP contribution is 2.26. The lowest BCUT2D eigenvalue weighted by atomic mass is 9.98. The molecule has 2 aliphatic heterocycles. The summed E-state index contributed by atoms with van der Waals surface area (Å²) < 4.78 is 27.9. The van der Waals surface area contributed by atoms with Gasteiger partial charge in [0, 0.05) is 38.1 Å². The molecule has 0 unspecified atom stereocenters. The summed E-state index contributed by atoms with van der Waals surface area (Å²) >= 11 is 0. The summed E-state index contributed by atoms with van der Waals surface area (Å²) in [5.41, 5.74) is 2.14. The molecule has 2 saturated heterocycles. The molecule has 0 bridgehead atoms. The van der Waals surface area contributed by atoms with Crippen molar-refractivity contribution < 1.29 is 18.0 Å². The monoisotopic (exact) mass is 472 g/mol. The van der Waals surface area contributed by atoms with Crippen molar-refractivity contribution in [2.45, 2.75) is 50.3 Å². The van der Waals surface area contributed by atoms with Crippen molar-refractivity contribution >= 4 is 27.5 Å². The molecule has 2 N–H and O–H groups in total. The van der Waals surface area contributed by atoms with Gasteiger partial charge in [-0.3, -0.25) is 9.59 Å². The molecule has 0 saturated carbocycles. The molecule has 0 aliphatic carbocycles. The van der Waals surface area contributed by atoms with Crippen LogP contribution in [0.2, 0.25) is 0 Å². The number of piperidine rings is 2. The Bertz CT molecular complexity index is 1110. The maximum atomic E-state index is 13.3. The number of hydrogen-bond donors (Lipinski definition) is 2. The number of H-pyrrole nitrogens is 1. The highest BCUT2D eigenvalue weighted by Gasteiger charge is 2.34. The lowest BCUT2D eigenvalue weighted by Gasteiger charge is -2.31. The van der Waals surface area contributed by atoms with E-state index in [1.54, 1.807) is 4.90 Å². The average molecular weight is 473 g/mol. The SMILES string of the molecule is CCc1cccc(NC(=O)[C@H]2CCCN(S(=O)(=O)c3c[nH]c(C(=O)N4CCCCC4)c3)C2)c1. The van der Waals surface area contributed by atoms with Gasteiger partial charge >= 0.3 is 0 Å². The van der Waals surface area contributed by atoms with Gasteiger partial charge in [-0.25, -0.2) is 8.42 Å². The Balaban J connectivity index is 1.43. The molecular weight excluding hydrogens is 440 g/mol. The summed E-state index contributed by atoms with van der Waals surface area (Å²) in [7, 11) is -3.80. The van der Waals surface area contributed by atoms with Crippen molar-refractivity contribution in [1.29, 1.82) is 0 Å². The molecular formula is C24H32N4O4S. The van der Waals surface area contributed by atoms with Crippen LogP contribution in [0.25, 0.3) is 0 Å². The van der Waals surface area contributed by atoms with Gasteiger partial charge < -0.3 is 15.2 Å². The minimum atomic E-state index is -3.80. The molecule has 2 amide bonds. The van der Waals surface area contributed by atoms with Crippen LogP contribution in [0.3, 0.4) is 0 Å². The summed E-state index contributed by atoms with van der Waals surface area (Å²) in [4.78, 5) is 30.2. The number of nitrogens with zero attached hydrogens (tertiary/aromatic N) is 2. The largest absolute Gasteiger partial charge is 0.356 e. The number of sulfonamides is 1. The van der Waals surface area contributed by atoms with Crippen LogP contribution in [0, 0.1) is 5.92 Å². The second-order valence-electron chi connectivity index (χ2n) is 8.85. The molecule has 0 spiro atoms. The molecule has 0 radical (unpaired) electrons. The van der Waals surface area contributed by atoms with E-state index in [-0.39, 0.29) is 28.9 Å². The van der Waals surface area contributed by atoms with E-state index in [0.717, 1.165) is 36.9 Å². The standard InChI is InChI=1S/C24H32N4O4S/c1-2-18-8-6-10-20(14-18)26-23(29)19-9-7-13-28(17-19)33(31,32)21-15-22(25-16-21)24(30)27-11-4-3-5-12-27/h6,8,10,14-16,19,25H,2-5,7,9,11-13,17H2,1H3,(H,26,29)/t19-/m0/s1. The molecule has 2 aliphatic rings. The summed E-state index contributed by atoms with van der Waals surface area (Å²) in [5.74, 6) is -0.758. The Morgan fingerprint density at radius 2 is 1.88 bits per heavy atom. The Labute approximate surface area is 195 Å². The van der Waals surface area contributed by atoms with E-state index < -0.39 is 15.9 Å². The molecule has 9 heteroatoms. The van der Waals surface area contributed by atoms with Crippen LogP contribution in [0.1, 0.15) is 55.1 Å². The number of aromatic nitrogens is 1. The number of aromatic amines is 1. The van der Waals surface area contributed by atoms with Crippen LogP contribution in [-0.4, -0.2) is 60.6 Å². The third-order valence-corrected chi connectivity index (χ3v) is 8.37. The van der Waals surface area contributed by atoms with Crippen LogP contribution in [0.15, 0.2) is 41.4 Å². The van der Waals surface area contributed by atoms with Gasteiger partial charge in [0.2, 0.25) is 15.9 Å². The van der Waals surface area contributed by atoms with Gasteiger partial charge in [0.15, 0.2) is 0 Å². The second kappa shape index (κ2) is 10.1. The van der Waals surface area contributed by atoms with E-state index in [4.69, 9.17) is 0 Å². The number of aryl methyl sites for hydroxylation is 1. The molecule has 3 heterocycles. The Kier molecular flexibility index (Phi) is 7.19. The highest BCUT2D eigenvalue weighted by atomic mass is 32.2. The number of nitrogens with one attached hydrogen (secondary N) is 2. The van der Waals surface area contributed by atoms with Crippen molar-refractivity contribution in [3.05, 3.63) is 47.8 Å². The first-order valence-electron chi connectivity index (χ1n) is 11.8. The molecule has 178 valence electrons. The van der Waals surface area contributed by atoms with Gasteiger partial charge in [0.25, 0.3) is 5.91 Å². The fraction of sp³-hybridized carbons (Fsp3) is 0.500. The average Bonchev–Trinajstić information content (AvgIpc) is 3.35. The molecule has 4 rings (SSSR count). The molecule has 1 aromatic carbocycles. The zero-order valence-electron chi connectivity index (χ0n) is 19.0. The predicted octanol–water partition coefficient (Wildman–Crippen LogP) is 3.24. The number of amides is 2. The lowest BCUT2D eigenvalue weighted by Crippen LogP contribution is -2.43. The van der Waals surface area contributed by atoms with E-state index in [1.807, 2.05) is 24.3 Å². The third kappa shape index (κ3) is 5.30. The Morgan fingerprint density at radius 1 is 1.09 bits per heavy atom. The molecule has 2 aromatic rings. The fourth-order valence-corrected chi connectivity index (χ4v) is 6.07. The van der Waals surface area contributed by atoms with Crippen molar-refractivity contribution in [1.82, 2.24) is 14.2 Å². The van der Waals surface area contributed by atoms with Crippen molar-refractivity contribution in [3.63, 3.8) is 0 Å². The van der Waals surface area contributed by atoms with Gasteiger partial charge in [-0.2, -0.15) is 4.31 Å². The van der Waals surface area contributed by atoms with Gasteiger partial charge in [0.1, 0.15) is 10.6 Å². The minimum Gasteiger partial charge on any atom is -0.356 e. The number of likely N-dealkylation sites (tertiary alicyclic amines) is 1. The molecule has 33 heavy (non-hydrogen) atoms. The van der Waals surface area contributed by atoms with Crippen LogP contribution in [0.5, 0.6) is 0 Å². The zero-order valence-corrected chi connectivity index (χ0v) is 19.9. The highest BCUT2D eigenvalue weighted by molar-refractivity contribution is 7.89. The van der Waals surface area contributed by atoms with Crippen molar-refractivity contribution in [2.75, 3.05) is 31.5 Å². The number of carbonyl (C=O) groups is 2. The predicted molar refractivity (Wildman–Crippen MR) is 126 cm³/mol. The molecule has 8 nitrogen and oxygen atoms in total. The Hall–Kier alpha value is -2.65. The fourth-order valence-electron chi connectivity index (χ4n) is 4.55. The third-order valence-electron chi connectivity index (χ3n) is 6.53. The number of carbonyl (C=O) groups excluding carboxylic acids is 2. The van der Waals surface area contributed by atoms with Gasteiger partial charge in [-0.1, -0.05) is 19.1 Å². The normalized spacial score (nSPS) is 19.9. The summed E-state index contributed by atoms with van der Waals surface area (Å²) in [5, 5.41) is 2.94. The number of anilines is 1. The summed E-state index contributed by atoms with van der Waals surface area (Å²) in [6.45, 7) is 3.94. The van der Waals surface area contributed by atoms with Crippen LogP contribution in [0.4, 0.5) is 5.69 Å². The number of hydrogen-bond acceptors (Lipinski definition) is 4. The smallest absolute Gasteiger partial charge is 0.270 e.